The number of rotatable bonds is 9. The zero-order valence-electron chi connectivity index (χ0n) is 15.2. The van der Waals surface area contributed by atoms with E-state index in [4.69, 9.17) is 10.8 Å². The molecule has 0 fully saturated rings. The standard InChI is InChI=1S/C19H21N5O3S/c20-14-8-7-13(17-5-4-10-28-17)11-15(14)21-19(27)16-12-24(23-22-16)9-3-1-2-6-18(25)26/h4-5,7-8,10-12H,1-3,6,9,20H2,(H,21,27)(H,25,26). The van der Waals surface area contributed by atoms with Gasteiger partial charge in [0.2, 0.25) is 0 Å². The number of hydrogen-bond acceptors (Lipinski definition) is 6. The van der Waals surface area contributed by atoms with Crippen molar-refractivity contribution < 1.29 is 14.7 Å². The summed E-state index contributed by atoms with van der Waals surface area (Å²) in [6.07, 6.45) is 3.91. The SMILES string of the molecule is Nc1ccc(-c2cccs2)cc1NC(=O)c1cn(CCCCCC(=O)O)nn1. The van der Waals surface area contributed by atoms with Gasteiger partial charge in [0.25, 0.3) is 5.91 Å². The van der Waals surface area contributed by atoms with Crippen LogP contribution in [0.2, 0.25) is 0 Å². The number of carbonyl (C=O) groups excluding carboxylic acids is 1. The highest BCUT2D eigenvalue weighted by atomic mass is 32.1. The van der Waals surface area contributed by atoms with Crippen molar-refractivity contribution >= 4 is 34.6 Å². The molecule has 1 amide bonds. The summed E-state index contributed by atoms with van der Waals surface area (Å²) in [5, 5.41) is 21.3. The molecule has 3 rings (SSSR count). The fraction of sp³-hybridized carbons (Fsp3) is 0.263. The Labute approximate surface area is 166 Å². The van der Waals surface area contributed by atoms with Crippen LogP contribution in [0.4, 0.5) is 11.4 Å². The second-order valence-corrected chi connectivity index (χ2v) is 7.25. The van der Waals surface area contributed by atoms with E-state index in [1.807, 2.05) is 29.6 Å². The summed E-state index contributed by atoms with van der Waals surface area (Å²) >= 11 is 1.61. The van der Waals surface area contributed by atoms with Crippen molar-refractivity contribution in [2.24, 2.45) is 0 Å². The Morgan fingerprint density at radius 2 is 2.07 bits per heavy atom. The molecule has 0 bridgehead atoms. The lowest BCUT2D eigenvalue weighted by molar-refractivity contribution is -0.137. The zero-order valence-corrected chi connectivity index (χ0v) is 16.0. The summed E-state index contributed by atoms with van der Waals surface area (Å²) in [5.74, 6) is -1.17. The first-order valence-electron chi connectivity index (χ1n) is 8.89. The number of aromatic nitrogens is 3. The Bertz CT molecular complexity index is 952. The van der Waals surface area contributed by atoms with Crippen molar-refractivity contribution in [2.45, 2.75) is 32.2 Å². The normalized spacial score (nSPS) is 10.7. The zero-order chi connectivity index (χ0) is 19.9. The summed E-state index contributed by atoms with van der Waals surface area (Å²) in [5.41, 5.74) is 8.17. The lowest BCUT2D eigenvalue weighted by Crippen LogP contribution is -2.13. The molecular weight excluding hydrogens is 378 g/mol. The molecule has 2 heterocycles. The summed E-state index contributed by atoms with van der Waals surface area (Å²) in [7, 11) is 0. The van der Waals surface area contributed by atoms with Crippen LogP contribution in [0.1, 0.15) is 36.2 Å². The molecule has 0 aliphatic rings. The summed E-state index contributed by atoms with van der Waals surface area (Å²) < 4.78 is 1.58. The van der Waals surface area contributed by atoms with E-state index in [1.54, 1.807) is 28.3 Å². The minimum absolute atomic E-state index is 0.164. The number of carboxylic acid groups (broad SMARTS) is 1. The average Bonchev–Trinajstić information content (AvgIpc) is 3.35. The first kappa shape index (κ1) is 19.6. The van der Waals surface area contributed by atoms with Crippen LogP contribution in [0.3, 0.4) is 0 Å². The van der Waals surface area contributed by atoms with Crippen LogP contribution in [0, 0.1) is 0 Å². The van der Waals surface area contributed by atoms with Gasteiger partial charge in [0.05, 0.1) is 17.6 Å². The average molecular weight is 399 g/mol. The Balaban J connectivity index is 1.59. The third-order valence-corrected chi connectivity index (χ3v) is 5.08. The van der Waals surface area contributed by atoms with Crippen LogP contribution in [0.5, 0.6) is 0 Å². The number of aliphatic carboxylic acids is 1. The molecule has 3 aromatic rings. The second-order valence-electron chi connectivity index (χ2n) is 6.30. The molecule has 9 heteroatoms. The van der Waals surface area contributed by atoms with Gasteiger partial charge in [-0.3, -0.25) is 14.3 Å². The molecule has 0 saturated carbocycles. The molecule has 0 saturated heterocycles. The van der Waals surface area contributed by atoms with Crippen molar-refractivity contribution in [3.05, 3.63) is 47.6 Å². The van der Waals surface area contributed by atoms with Crippen molar-refractivity contribution in [1.29, 1.82) is 0 Å². The predicted molar refractivity (Wildman–Crippen MR) is 108 cm³/mol. The van der Waals surface area contributed by atoms with Gasteiger partial charge in [-0.1, -0.05) is 23.8 Å². The minimum atomic E-state index is -0.790. The molecule has 8 nitrogen and oxygen atoms in total. The summed E-state index contributed by atoms with van der Waals surface area (Å²) in [4.78, 5) is 24.1. The van der Waals surface area contributed by atoms with E-state index in [1.165, 1.54) is 0 Å². The van der Waals surface area contributed by atoms with E-state index in [0.29, 0.717) is 24.3 Å². The number of carbonyl (C=O) groups is 2. The number of nitrogen functional groups attached to an aromatic ring is 1. The largest absolute Gasteiger partial charge is 0.481 e. The molecule has 0 unspecified atom stereocenters. The number of carboxylic acids is 1. The van der Waals surface area contributed by atoms with E-state index in [-0.39, 0.29) is 18.0 Å². The van der Waals surface area contributed by atoms with Crippen LogP contribution in [-0.4, -0.2) is 32.0 Å². The molecule has 0 radical (unpaired) electrons. The Morgan fingerprint density at radius 3 is 2.82 bits per heavy atom. The van der Waals surface area contributed by atoms with Crippen LogP contribution in [-0.2, 0) is 11.3 Å². The predicted octanol–water partition coefficient (Wildman–Crippen LogP) is 3.49. The van der Waals surface area contributed by atoms with Crippen LogP contribution in [0.25, 0.3) is 10.4 Å². The Morgan fingerprint density at radius 1 is 1.21 bits per heavy atom. The smallest absolute Gasteiger partial charge is 0.303 e. The first-order chi connectivity index (χ1) is 13.5. The van der Waals surface area contributed by atoms with Gasteiger partial charge in [-0.25, -0.2) is 0 Å². The second kappa shape index (κ2) is 9.14. The van der Waals surface area contributed by atoms with Gasteiger partial charge in [-0.05, 0) is 42.0 Å². The number of aryl methyl sites for hydroxylation is 1. The third-order valence-electron chi connectivity index (χ3n) is 4.16. The molecular formula is C19H21N5O3S. The number of hydrogen-bond donors (Lipinski definition) is 3. The summed E-state index contributed by atoms with van der Waals surface area (Å²) in [6.45, 7) is 0.579. The lowest BCUT2D eigenvalue weighted by Gasteiger charge is -2.08. The maximum atomic E-state index is 12.5. The van der Waals surface area contributed by atoms with Crippen LogP contribution < -0.4 is 11.1 Å². The highest BCUT2D eigenvalue weighted by molar-refractivity contribution is 7.13. The van der Waals surface area contributed by atoms with E-state index in [9.17, 15) is 9.59 Å². The van der Waals surface area contributed by atoms with E-state index in [0.717, 1.165) is 23.3 Å². The number of anilines is 2. The first-order valence-corrected chi connectivity index (χ1v) is 9.77. The topological polar surface area (TPSA) is 123 Å². The Kier molecular flexibility index (Phi) is 6.38. The fourth-order valence-electron chi connectivity index (χ4n) is 2.69. The quantitative estimate of drug-likeness (QED) is 0.374. The molecule has 4 N–H and O–H groups in total. The number of nitrogens with zero attached hydrogens (tertiary/aromatic N) is 3. The molecule has 28 heavy (non-hydrogen) atoms. The van der Waals surface area contributed by atoms with Gasteiger partial charge in [0.15, 0.2) is 5.69 Å². The number of benzene rings is 1. The highest BCUT2D eigenvalue weighted by Gasteiger charge is 2.13. The van der Waals surface area contributed by atoms with Crippen LogP contribution in [0.15, 0.2) is 41.9 Å². The number of unbranched alkanes of at least 4 members (excludes halogenated alkanes) is 2. The maximum absolute atomic E-state index is 12.5. The molecule has 0 aliphatic carbocycles. The molecule has 0 atom stereocenters. The lowest BCUT2D eigenvalue weighted by atomic mass is 10.1. The summed E-state index contributed by atoms with van der Waals surface area (Å²) in [6, 6.07) is 9.49. The number of amides is 1. The molecule has 146 valence electrons. The van der Waals surface area contributed by atoms with E-state index in [2.05, 4.69) is 15.6 Å². The molecule has 0 spiro atoms. The van der Waals surface area contributed by atoms with Gasteiger partial charge in [-0.2, -0.15) is 0 Å². The van der Waals surface area contributed by atoms with E-state index < -0.39 is 5.97 Å². The Hall–Kier alpha value is -3.20. The molecule has 1 aromatic carbocycles. The number of thiophene rings is 1. The van der Waals surface area contributed by atoms with E-state index >= 15 is 0 Å². The van der Waals surface area contributed by atoms with Crippen molar-refractivity contribution in [3.8, 4) is 10.4 Å². The molecule has 0 aliphatic heterocycles. The van der Waals surface area contributed by atoms with Crippen molar-refractivity contribution in [3.63, 3.8) is 0 Å². The van der Waals surface area contributed by atoms with Crippen molar-refractivity contribution in [1.82, 2.24) is 15.0 Å². The van der Waals surface area contributed by atoms with Crippen LogP contribution >= 0.6 is 11.3 Å². The van der Waals surface area contributed by atoms with Gasteiger partial charge in [-0.15, -0.1) is 16.4 Å². The van der Waals surface area contributed by atoms with Gasteiger partial charge < -0.3 is 16.2 Å². The molecule has 2 aromatic heterocycles. The highest BCUT2D eigenvalue weighted by Crippen LogP contribution is 2.30. The van der Waals surface area contributed by atoms with Gasteiger partial charge in [0.1, 0.15) is 0 Å². The third kappa shape index (κ3) is 5.17. The number of nitrogens with two attached hydrogens (primary N) is 1. The van der Waals surface area contributed by atoms with Gasteiger partial charge in [0, 0.05) is 17.8 Å². The monoisotopic (exact) mass is 399 g/mol. The van der Waals surface area contributed by atoms with Gasteiger partial charge >= 0.3 is 5.97 Å². The minimum Gasteiger partial charge on any atom is -0.481 e. The maximum Gasteiger partial charge on any atom is 0.303 e. The van der Waals surface area contributed by atoms with Crippen molar-refractivity contribution in [2.75, 3.05) is 11.1 Å². The number of nitrogens with one attached hydrogen (secondary N) is 1. The fourth-order valence-corrected chi connectivity index (χ4v) is 3.41.